The largest absolute Gasteiger partial charge is 0.421 e. The first-order valence-electron chi connectivity index (χ1n) is 5.85. The molecule has 0 radical (unpaired) electrons. The van der Waals surface area contributed by atoms with Crippen molar-refractivity contribution in [1.82, 2.24) is 20.1 Å². The molecule has 96 valence electrons. The lowest BCUT2D eigenvalue weighted by Crippen LogP contribution is -2.14. The van der Waals surface area contributed by atoms with E-state index in [9.17, 15) is 4.79 Å². The van der Waals surface area contributed by atoms with Crippen LogP contribution in [0.1, 0.15) is 12.3 Å². The van der Waals surface area contributed by atoms with Crippen LogP contribution in [-0.2, 0) is 13.5 Å². The molecule has 18 heavy (non-hydrogen) atoms. The number of rotatable bonds is 5. The third kappa shape index (κ3) is 2.84. The van der Waals surface area contributed by atoms with Crippen molar-refractivity contribution >= 4 is 0 Å². The smallest absolute Gasteiger partial charge is 0.251 e. The van der Waals surface area contributed by atoms with Crippen molar-refractivity contribution < 1.29 is 4.42 Å². The Bertz CT molecular complexity index is 573. The van der Waals surface area contributed by atoms with Crippen molar-refractivity contribution in [2.75, 3.05) is 13.6 Å². The fraction of sp³-hybridized carbons (Fsp3) is 0.417. The molecule has 6 heteroatoms. The van der Waals surface area contributed by atoms with Gasteiger partial charge < -0.3 is 14.3 Å². The van der Waals surface area contributed by atoms with Crippen LogP contribution in [0.5, 0.6) is 0 Å². The molecule has 0 saturated heterocycles. The van der Waals surface area contributed by atoms with Gasteiger partial charge in [0.05, 0.1) is 0 Å². The lowest BCUT2D eigenvalue weighted by atomic mass is 10.2. The van der Waals surface area contributed by atoms with Crippen LogP contribution in [0.25, 0.3) is 11.5 Å². The number of hydrogen-bond acceptors (Lipinski definition) is 5. The first-order chi connectivity index (χ1) is 8.70. The zero-order valence-corrected chi connectivity index (χ0v) is 10.5. The minimum absolute atomic E-state index is 0.0950. The van der Waals surface area contributed by atoms with E-state index < -0.39 is 0 Å². The van der Waals surface area contributed by atoms with E-state index in [0.717, 1.165) is 19.4 Å². The van der Waals surface area contributed by atoms with E-state index in [1.807, 2.05) is 7.05 Å². The first-order valence-corrected chi connectivity index (χ1v) is 5.85. The van der Waals surface area contributed by atoms with Crippen LogP contribution in [0.2, 0.25) is 0 Å². The topological polar surface area (TPSA) is 73.0 Å². The molecule has 0 saturated carbocycles. The van der Waals surface area contributed by atoms with E-state index in [1.54, 1.807) is 19.3 Å². The maximum absolute atomic E-state index is 11.5. The summed E-state index contributed by atoms with van der Waals surface area (Å²) in [5, 5.41) is 11.0. The van der Waals surface area contributed by atoms with Crippen LogP contribution >= 0.6 is 0 Å². The van der Waals surface area contributed by atoms with Crippen molar-refractivity contribution in [2.45, 2.75) is 12.8 Å². The maximum atomic E-state index is 11.5. The van der Waals surface area contributed by atoms with E-state index in [2.05, 4.69) is 15.5 Å². The maximum Gasteiger partial charge on any atom is 0.251 e. The van der Waals surface area contributed by atoms with Crippen LogP contribution in [0.3, 0.4) is 0 Å². The van der Waals surface area contributed by atoms with E-state index >= 15 is 0 Å². The summed E-state index contributed by atoms with van der Waals surface area (Å²) in [7, 11) is 3.60. The Labute approximate surface area is 105 Å². The Morgan fingerprint density at radius 3 is 3.00 bits per heavy atom. The summed E-state index contributed by atoms with van der Waals surface area (Å²) in [4.78, 5) is 11.5. The molecule has 2 heterocycles. The Balaban J connectivity index is 2.13. The predicted molar refractivity (Wildman–Crippen MR) is 67.2 cm³/mol. The number of hydrogen-bond donors (Lipinski definition) is 1. The van der Waals surface area contributed by atoms with Gasteiger partial charge in [-0.3, -0.25) is 4.79 Å². The molecular formula is C12H16N4O2. The highest BCUT2D eigenvalue weighted by molar-refractivity contribution is 5.50. The average molecular weight is 248 g/mol. The van der Waals surface area contributed by atoms with Gasteiger partial charge in [-0.15, -0.1) is 10.2 Å². The van der Waals surface area contributed by atoms with Crippen molar-refractivity contribution in [2.24, 2.45) is 7.05 Å². The van der Waals surface area contributed by atoms with Gasteiger partial charge in [0.15, 0.2) is 0 Å². The molecular weight excluding hydrogens is 232 g/mol. The predicted octanol–water partition coefficient (Wildman–Crippen LogP) is 0.587. The van der Waals surface area contributed by atoms with Gasteiger partial charge in [-0.25, -0.2) is 0 Å². The molecule has 0 aromatic carbocycles. The molecule has 0 aliphatic heterocycles. The minimum Gasteiger partial charge on any atom is -0.421 e. The summed E-state index contributed by atoms with van der Waals surface area (Å²) < 4.78 is 7.01. The zero-order chi connectivity index (χ0) is 13.0. The van der Waals surface area contributed by atoms with Crippen LogP contribution in [0.4, 0.5) is 0 Å². The van der Waals surface area contributed by atoms with Crippen molar-refractivity contribution in [1.29, 1.82) is 0 Å². The van der Waals surface area contributed by atoms with Gasteiger partial charge in [0.1, 0.15) is 0 Å². The average Bonchev–Trinajstić information content (AvgIpc) is 2.82. The monoisotopic (exact) mass is 248 g/mol. The fourth-order valence-corrected chi connectivity index (χ4v) is 1.57. The molecule has 0 bridgehead atoms. The second-order valence-corrected chi connectivity index (χ2v) is 4.07. The Morgan fingerprint density at radius 2 is 2.28 bits per heavy atom. The quantitative estimate of drug-likeness (QED) is 0.784. The second-order valence-electron chi connectivity index (χ2n) is 4.07. The van der Waals surface area contributed by atoms with Crippen LogP contribution in [0, 0.1) is 0 Å². The third-order valence-corrected chi connectivity index (χ3v) is 2.64. The lowest BCUT2D eigenvalue weighted by Gasteiger charge is -1.97. The normalized spacial score (nSPS) is 10.8. The molecule has 0 amide bonds. The molecule has 2 aromatic rings. The van der Waals surface area contributed by atoms with Crippen molar-refractivity contribution in [3.05, 3.63) is 34.6 Å². The Hall–Kier alpha value is -1.95. The van der Waals surface area contributed by atoms with Crippen LogP contribution in [-0.4, -0.2) is 28.4 Å². The molecule has 2 aromatic heterocycles. The van der Waals surface area contributed by atoms with Crippen LogP contribution < -0.4 is 10.9 Å². The summed E-state index contributed by atoms with van der Waals surface area (Å²) in [6, 6.07) is 3.27. The van der Waals surface area contributed by atoms with Crippen molar-refractivity contribution in [3.8, 4) is 11.5 Å². The number of aryl methyl sites for hydroxylation is 2. The highest BCUT2D eigenvalue weighted by atomic mass is 16.4. The number of pyridine rings is 1. The Morgan fingerprint density at radius 1 is 1.44 bits per heavy atom. The van der Waals surface area contributed by atoms with E-state index in [1.165, 1.54) is 10.6 Å². The summed E-state index contributed by atoms with van der Waals surface area (Å²) in [5.41, 5.74) is 0.563. The molecule has 2 rings (SSSR count). The zero-order valence-electron chi connectivity index (χ0n) is 10.5. The Kier molecular flexibility index (Phi) is 3.88. The van der Waals surface area contributed by atoms with Gasteiger partial charge in [0.2, 0.25) is 11.8 Å². The second kappa shape index (κ2) is 5.59. The fourth-order valence-electron chi connectivity index (χ4n) is 1.57. The van der Waals surface area contributed by atoms with Gasteiger partial charge in [-0.05, 0) is 26.1 Å². The third-order valence-electron chi connectivity index (χ3n) is 2.64. The molecule has 0 aliphatic rings. The highest BCUT2D eigenvalue weighted by Crippen LogP contribution is 2.15. The van der Waals surface area contributed by atoms with Gasteiger partial charge in [0.25, 0.3) is 5.56 Å². The van der Waals surface area contributed by atoms with Gasteiger partial charge >= 0.3 is 0 Å². The molecule has 0 spiro atoms. The standard InChI is InChI=1S/C12H16N4O2/c1-13-6-3-4-10-14-15-12(18-10)9-5-7-16(2)11(17)8-9/h5,7-8,13H,3-4,6H2,1-2H3. The number of nitrogens with zero attached hydrogens (tertiary/aromatic N) is 3. The number of nitrogens with one attached hydrogen (secondary N) is 1. The van der Waals surface area contributed by atoms with E-state index in [0.29, 0.717) is 17.3 Å². The minimum atomic E-state index is -0.0950. The van der Waals surface area contributed by atoms with Crippen LogP contribution in [0.15, 0.2) is 27.5 Å². The summed E-state index contributed by atoms with van der Waals surface area (Å²) in [6.07, 6.45) is 3.36. The molecule has 0 aliphatic carbocycles. The SMILES string of the molecule is CNCCCc1nnc(-c2ccn(C)c(=O)c2)o1. The van der Waals surface area contributed by atoms with Gasteiger partial charge in [-0.2, -0.15) is 0 Å². The summed E-state index contributed by atoms with van der Waals surface area (Å²) in [6.45, 7) is 0.906. The van der Waals surface area contributed by atoms with E-state index in [-0.39, 0.29) is 5.56 Å². The lowest BCUT2D eigenvalue weighted by molar-refractivity contribution is 0.494. The number of aromatic nitrogens is 3. The van der Waals surface area contributed by atoms with Gasteiger partial charge in [-0.1, -0.05) is 0 Å². The molecule has 0 fully saturated rings. The first kappa shape index (κ1) is 12.5. The molecule has 6 nitrogen and oxygen atoms in total. The van der Waals surface area contributed by atoms with Crippen molar-refractivity contribution in [3.63, 3.8) is 0 Å². The van der Waals surface area contributed by atoms with Gasteiger partial charge in [0, 0.05) is 31.3 Å². The molecule has 0 unspecified atom stereocenters. The van der Waals surface area contributed by atoms with E-state index in [4.69, 9.17) is 4.42 Å². The summed E-state index contributed by atoms with van der Waals surface area (Å²) in [5.74, 6) is 0.994. The highest BCUT2D eigenvalue weighted by Gasteiger charge is 2.08. The summed E-state index contributed by atoms with van der Waals surface area (Å²) >= 11 is 0. The molecule has 0 atom stereocenters. The molecule has 1 N–H and O–H groups in total.